The van der Waals surface area contributed by atoms with Crippen LogP contribution in [0.3, 0.4) is 0 Å². The van der Waals surface area contributed by atoms with E-state index in [-0.39, 0.29) is 10.8 Å². The van der Waals surface area contributed by atoms with Crippen molar-refractivity contribution in [1.29, 1.82) is 0 Å². The summed E-state index contributed by atoms with van der Waals surface area (Å²) in [7, 11) is 0. The van der Waals surface area contributed by atoms with Gasteiger partial charge in [-0.05, 0) is 83.7 Å². The van der Waals surface area contributed by atoms with Crippen LogP contribution >= 0.6 is 0 Å². The summed E-state index contributed by atoms with van der Waals surface area (Å²) in [5.74, 6) is 3.46. The first-order valence-corrected chi connectivity index (χ1v) is 11.3. The second kappa shape index (κ2) is 4.35. The van der Waals surface area contributed by atoms with E-state index in [4.69, 9.17) is 9.97 Å². The van der Waals surface area contributed by atoms with E-state index in [0.29, 0.717) is 5.92 Å². The molecule has 2 aromatic carbocycles. The van der Waals surface area contributed by atoms with Crippen molar-refractivity contribution in [3.63, 3.8) is 0 Å². The number of rotatable bonds is 0. The van der Waals surface area contributed by atoms with Gasteiger partial charge in [0.1, 0.15) is 11.5 Å². The van der Waals surface area contributed by atoms with Crippen molar-refractivity contribution >= 4 is 27.6 Å². The molecule has 0 saturated heterocycles. The average molecular weight is 380 g/mol. The van der Waals surface area contributed by atoms with E-state index >= 15 is 0 Å². The lowest BCUT2D eigenvalue weighted by Gasteiger charge is -2.51. The van der Waals surface area contributed by atoms with Gasteiger partial charge < -0.3 is 0 Å². The minimum Gasteiger partial charge on any atom is -0.279 e. The van der Waals surface area contributed by atoms with Crippen LogP contribution < -0.4 is 0 Å². The van der Waals surface area contributed by atoms with Gasteiger partial charge >= 0.3 is 0 Å². The first-order chi connectivity index (χ1) is 14.0. The van der Waals surface area contributed by atoms with E-state index in [1.165, 1.54) is 47.9 Å². The van der Waals surface area contributed by atoms with Crippen molar-refractivity contribution in [2.75, 3.05) is 0 Å². The lowest BCUT2D eigenvalue weighted by atomic mass is 9.53. The number of aromatic nitrogens is 3. The van der Waals surface area contributed by atoms with Crippen LogP contribution in [0.2, 0.25) is 0 Å². The molecule has 2 bridgehead atoms. The van der Waals surface area contributed by atoms with E-state index < -0.39 is 0 Å². The molecule has 1 aliphatic heterocycles. The molecular formula is C26H25N3. The SMILES string of the molecule is CC1(C)C2CC[C@@]1(C)c1nc3ccccc3c3nc4cc5c(c2c4n13)C1CC[C@H]51. The largest absolute Gasteiger partial charge is 0.279 e. The Labute approximate surface area is 170 Å². The van der Waals surface area contributed by atoms with Crippen LogP contribution in [0.4, 0.5) is 0 Å². The maximum Gasteiger partial charge on any atom is 0.148 e. The van der Waals surface area contributed by atoms with Crippen molar-refractivity contribution in [2.24, 2.45) is 5.41 Å². The minimum absolute atomic E-state index is 0.0578. The highest BCUT2D eigenvalue weighted by molar-refractivity contribution is 5.99. The van der Waals surface area contributed by atoms with Crippen LogP contribution in [0.1, 0.15) is 86.7 Å². The smallest absolute Gasteiger partial charge is 0.148 e. The summed E-state index contributed by atoms with van der Waals surface area (Å²) in [6.07, 6.45) is 5.23. The number of para-hydroxylation sites is 1. The summed E-state index contributed by atoms with van der Waals surface area (Å²) in [6, 6.07) is 11.0. The molecule has 2 aromatic heterocycles. The van der Waals surface area contributed by atoms with Crippen molar-refractivity contribution in [1.82, 2.24) is 14.4 Å². The molecule has 0 N–H and O–H groups in total. The van der Waals surface area contributed by atoms with Gasteiger partial charge in [-0.25, -0.2) is 9.97 Å². The van der Waals surface area contributed by atoms with E-state index in [1.54, 1.807) is 16.7 Å². The zero-order valence-electron chi connectivity index (χ0n) is 17.3. The van der Waals surface area contributed by atoms with Crippen molar-refractivity contribution < 1.29 is 0 Å². The van der Waals surface area contributed by atoms with Crippen LogP contribution in [0, 0.1) is 5.41 Å². The van der Waals surface area contributed by atoms with Crippen molar-refractivity contribution in [2.45, 2.75) is 69.6 Å². The molecule has 0 amide bonds. The number of imidazole rings is 1. The summed E-state index contributed by atoms with van der Waals surface area (Å²) < 4.78 is 2.49. The summed E-state index contributed by atoms with van der Waals surface area (Å²) in [5.41, 5.74) is 10.0. The molecule has 0 spiro atoms. The summed E-state index contributed by atoms with van der Waals surface area (Å²) >= 11 is 0. The highest BCUT2D eigenvalue weighted by Crippen LogP contribution is 2.68. The van der Waals surface area contributed by atoms with Gasteiger partial charge in [0.2, 0.25) is 0 Å². The van der Waals surface area contributed by atoms with E-state index in [2.05, 4.69) is 55.5 Å². The third kappa shape index (κ3) is 1.41. The number of hydrogen-bond donors (Lipinski definition) is 0. The Morgan fingerprint density at radius 2 is 1.76 bits per heavy atom. The molecule has 29 heavy (non-hydrogen) atoms. The highest BCUT2D eigenvalue weighted by atomic mass is 15.1. The average Bonchev–Trinajstić information content (AvgIpc) is 3.15. The Bertz CT molecular complexity index is 1420. The molecule has 8 rings (SSSR count). The molecule has 3 nitrogen and oxygen atoms in total. The zero-order chi connectivity index (χ0) is 19.3. The van der Waals surface area contributed by atoms with Crippen LogP contribution in [0.25, 0.3) is 27.6 Å². The van der Waals surface area contributed by atoms with Gasteiger partial charge in [0, 0.05) is 10.8 Å². The Hall–Kier alpha value is -2.42. The third-order valence-corrected chi connectivity index (χ3v) is 9.75. The minimum atomic E-state index is 0.0578. The van der Waals surface area contributed by atoms with Gasteiger partial charge in [-0.2, -0.15) is 0 Å². The fourth-order valence-electron chi connectivity index (χ4n) is 7.59. The predicted octanol–water partition coefficient (Wildman–Crippen LogP) is 6.19. The number of hydrogen-bond acceptors (Lipinski definition) is 2. The molecular weight excluding hydrogens is 354 g/mol. The number of benzene rings is 2. The highest BCUT2D eigenvalue weighted by Gasteiger charge is 2.59. The predicted molar refractivity (Wildman–Crippen MR) is 116 cm³/mol. The molecule has 4 aromatic rings. The molecule has 3 aliphatic carbocycles. The topological polar surface area (TPSA) is 30.2 Å². The number of fused-ring (bicyclic) bond motifs is 11. The normalized spacial score (nSPS) is 32.9. The lowest BCUT2D eigenvalue weighted by Crippen LogP contribution is -2.39. The third-order valence-electron chi connectivity index (χ3n) is 9.75. The monoisotopic (exact) mass is 379 g/mol. The Morgan fingerprint density at radius 3 is 2.59 bits per heavy atom. The van der Waals surface area contributed by atoms with Crippen LogP contribution in [-0.2, 0) is 5.41 Å². The Morgan fingerprint density at radius 1 is 0.931 bits per heavy atom. The fourth-order valence-corrected chi connectivity index (χ4v) is 7.59. The van der Waals surface area contributed by atoms with Gasteiger partial charge in [-0.1, -0.05) is 32.9 Å². The number of nitrogens with zero attached hydrogens (tertiary/aromatic N) is 3. The molecule has 2 unspecified atom stereocenters. The van der Waals surface area contributed by atoms with Gasteiger partial charge in [0.15, 0.2) is 0 Å². The molecule has 3 heterocycles. The molecule has 144 valence electrons. The quantitative estimate of drug-likeness (QED) is 0.365. The maximum atomic E-state index is 5.34. The molecule has 3 heteroatoms. The maximum absolute atomic E-state index is 5.34. The molecule has 4 atom stereocenters. The Balaban J connectivity index is 1.68. The Kier molecular flexibility index (Phi) is 2.32. The molecule has 2 fully saturated rings. The van der Waals surface area contributed by atoms with Crippen LogP contribution in [0.5, 0.6) is 0 Å². The van der Waals surface area contributed by atoms with Crippen LogP contribution in [0.15, 0.2) is 30.3 Å². The van der Waals surface area contributed by atoms with Gasteiger partial charge in [-0.3, -0.25) is 4.40 Å². The molecule has 4 aliphatic rings. The standard InChI is InChI=1S/C26H25N3/c1-25(2)17-10-11-26(25,3)24-28-18-7-5-4-6-15(18)23-27-19-12-16-13-8-9-14(13)20(16)21(17)22(19)29(23)24/h4-7,12-14,17H,8-11H2,1-3H3/t13-,14?,17?,26-/m0/s1. The first-order valence-electron chi connectivity index (χ1n) is 11.3. The van der Waals surface area contributed by atoms with Gasteiger partial charge in [0.25, 0.3) is 0 Å². The van der Waals surface area contributed by atoms with E-state index in [1.807, 2.05) is 0 Å². The molecule has 0 radical (unpaired) electrons. The van der Waals surface area contributed by atoms with Gasteiger partial charge in [0.05, 0.1) is 16.6 Å². The summed E-state index contributed by atoms with van der Waals surface area (Å²) in [4.78, 5) is 10.6. The zero-order valence-corrected chi connectivity index (χ0v) is 17.3. The lowest BCUT2D eigenvalue weighted by molar-refractivity contribution is 0.190. The second-order valence-electron chi connectivity index (χ2n) is 10.8. The van der Waals surface area contributed by atoms with E-state index in [9.17, 15) is 0 Å². The first kappa shape index (κ1) is 15.4. The van der Waals surface area contributed by atoms with Crippen molar-refractivity contribution in [3.05, 3.63) is 52.8 Å². The van der Waals surface area contributed by atoms with Crippen molar-refractivity contribution in [3.8, 4) is 0 Å². The van der Waals surface area contributed by atoms with Gasteiger partial charge in [-0.15, -0.1) is 0 Å². The van der Waals surface area contributed by atoms with Crippen LogP contribution in [-0.4, -0.2) is 14.4 Å². The van der Waals surface area contributed by atoms with E-state index in [0.717, 1.165) is 23.0 Å². The fraction of sp³-hybridized carbons (Fsp3) is 0.462. The summed E-state index contributed by atoms with van der Waals surface area (Å²) in [5, 5.41) is 1.18. The molecule has 2 saturated carbocycles. The second-order valence-corrected chi connectivity index (χ2v) is 10.8. The summed E-state index contributed by atoms with van der Waals surface area (Å²) in [6.45, 7) is 7.49.